The van der Waals surface area contributed by atoms with E-state index in [1.807, 2.05) is 29.6 Å². The van der Waals surface area contributed by atoms with Crippen LogP contribution in [-0.2, 0) is 4.74 Å². The van der Waals surface area contributed by atoms with Gasteiger partial charge >= 0.3 is 0 Å². The number of benzene rings is 2. The molecule has 0 aliphatic carbocycles. The number of morpholine rings is 1. The molecule has 7 nitrogen and oxygen atoms in total. The van der Waals surface area contributed by atoms with E-state index in [0.717, 1.165) is 42.7 Å². The van der Waals surface area contributed by atoms with E-state index in [2.05, 4.69) is 20.4 Å². The number of anilines is 2. The van der Waals surface area contributed by atoms with Gasteiger partial charge in [0.15, 0.2) is 5.13 Å². The summed E-state index contributed by atoms with van der Waals surface area (Å²) >= 11 is 1.62. The second kappa shape index (κ2) is 8.89. The Morgan fingerprint density at radius 2 is 1.78 bits per heavy atom. The highest BCUT2D eigenvalue weighted by Crippen LogP contribution is 2.29. The summed E-state index contributed by atoms with van der Waals surface area (Å²) in [6, 6.07) is 13.5. The van der Waals surface area contributed by atoms with Crippen molar-refractivity contribution in [3.05, 3.63) is 71.5 Å². The minimum Gasteiger partial charge on any atom is -0.378 e. The molecule has 0 saturated carbocycles. The predicted molar refractivity (Wildman–Crippen MR) is 123 cm³/mol. The number of nitrogens with zero attached hydrogens (tertiary/aromatic N) is 3. The molecule has 0 atom stereocenters. The van der Waals surface area contributed by atoms with Gasteiger partial charge in [-0.1, -0.05) is 12.1 Å². The molecule has 1 amide bonds. The number of hydrogen-bond donors (Lipinski definition) is 2. The van der Waals surface area contributed by atoms with Crippen molar-refractivity contribution in [3.63, 3.8) is 0 Å². The number of carbonyl (C=O) groups is 1. The molecule has 5 rings (SSSR count). The Balaban J connectivity index is 1.28. The van der Waals surface area contributed by atoms with E-state index < -0.39 is 0 Å². The first-order valence-corrected chi connectivity index (χ1v) is 11.0. The lowest BCUT2D eigenvalue weighted by molar-refractivity contribution is 0.102. The minimum absolute atomic E-state index is 0.297. The van der Waals surface area contributed by atoms with Crippen molar-refractivity contribution in [1.82, 2.24) is 15.2 Å². The fourth-order valence-electron chi connectivity index (χ4n) is 3.51. The van der Waals surface area contributed by atoms with Crippen molar-refractivity contribution in [2.45, 2.75) is 0 Å². The number of aromatic nitrogens is 3. The first-order valence-electron chi connectivity index (χ1n) is 10.2. The molecule has 1 aliphatic rings. The van der Waals surface area contributed by atoms with E-state index in [1.54, 1.807) is 23.5 Å². The Labute approximate surface area is 187 Å². The molecule has 9 heteroatoms. The van der Waals surface area contributed by atoms with Crippen LogP contribution in [0, 0.1) is 5.82 Å². The van der Waals surface area contributed by atoms with Gasteiger partial charge < -0.3 is 15.0 Å². The van der Waals surface area contributed by atoms with Crippen LogP contribution in [0.25, 0.3) is 22.5 Å². The number of rotatable bonds is 5. The predicted octanol–water partition coefficient (Wildman–Crippen LogP) is 4.43. The molecule has 32 heavy (non-hydrogen) atoms. The average molecular weight is 450 g/mol. The minimum atomic E-state index is -0.337. The van der Waals surface area contributed by atoms with Gasteiger partial charge in [0.05, 0.1) is 36.4 Å². The van der Waals surface area contributed by atoms with Crippen LogP contribution in [0.4, 0.5) is 15.2 Å². The van der Waals surface area contributed by atoms with Gasteiger partial charge in [-0.25, -0.2) is 9.37 Å². The number of nitrogens with one attached hydrogen (secondary N) is 2. The molecule has 1 fully saturated rings. The van der Waals surface area contributed by atoms with Crippen LogP contribution >= 0.6 is 11.3 Å². The molecule has 0 bridgehead atoms. The highest BCUT2D eigenvalue weighted by Gasteiger charge is 2.17. The number of amides is 1. The largest absolute Gasteiger partial charge is 0.378 e. The summed E-state index contributed by atoms with van der Waals surface area (Å²) in [5.41, 5.74) is 4.15. The number of thiazole rings is 1. The topological polar surface area (TPSA) is 83.1 Å². The van der Waals surface area contributed by atoms with Gasteiger partial charge in [-0.15, -0.1) is 11.3 Å². The molecule has 2 aromatic heterocycles. The molecule has 1 aliphatic heterocycles. The van der Waals surface area contributed by atoms with E-state index in [4.69, 9.17) is 9.72 Å². The fourth-order valence-corrected chi connectivity index (χ4v) is 4.40. The normalized spacial score (nSPS) is 13.8. The van der Waals surface area contributed by atoms with E-state index in [0.29, 0.717) is 22.5 Å². The van der Waals surface area contributed by atoms with Crippen LogP contribution < -0.4 is 10.2 Å². The molecule has 4 aromatic rings. The summed E-state index contributed by atoms with van der Waals surface area (Å²) in [6.45, 7) is 3.16. The van der Waals surface area contributed by atoms with Crippen LogP contribution in [0.5, 0.6) is 0 Å². The van der Waals surface area contributed by atoms with Gasteiger partial charge in [-0.05, 0) is 36.4 Å². The van der Waals surface area contributed by atoms with E-state index in [9.17, 15) is 9.18 Å². The highest BCUT2D eigenvalue weighted by atomic mass is 32.1. The zero-order valence-electron chi connectivity index (χ0n) is 17.0. The van der Waals surface area contributed by atoms with Crippen molar-refractivity contribution in [2.24, 2.45) is 0 Å². The fraction of sp³-hybridized carbons (Fsp3) is 0.174. The first kappa shape index (κ1) is 20.3. The standard InChI is InChI=1S/C23H20FN5O2S/c24-17-5-1-16(2-6-17)21-19(13-25-28-21)22(30)26-18-7-3-15(4-8-18)20-14-32-23(27-20)29-9-11-31-12-10-29/h1-8,13-14H,9-12H2,(H,25,28)(H,26,30). The number of halogens is 1. The molecule has 0 unspecified atom stereocenters. The number of aromatic amines is 1. The first-order chi connectivity index (χ1) is 15.7. The van der Waals surface area contributed by atoms with Crippen molar-refractivity contribution < 1.29 is 13.9 Å². The SMILES string of the molecule is O=C(Nc1ccc(-c2csc(N3CCOCC3)n2)cc1)c1cn[nH]c1-c1ccc(F)cc1. The molecule has 1 saturated heterocycles. The van der Waals surface area contributed by atoms with E-state index >= 15 is 0 Å². The van der Waals surface area contributed by atoms with Crippen LogP contribution in [0.3, 0.4) is 0 Å². The maximum atomic E-state index is 13.2. The Hall–Kier alpha value is -3.56. The zero-order valence-corrected chi connectivity index (χ0v) is 17.9. The third kappa shape index (κ3) is 4.25. The third-order valence-corrected chi connectivity index (χ3v) is 6.13. The van der Waals surface area contributed by atoms with Crippen LogP contribution in [0.1, 0.15) is 10.4 Å². The van der Waals surface area contributed by atoms with Gasteiger partial charge in [0.25, 0.3) is 5.91 Å². The van der Waals surface area contributed by atoms with Crippen molar-refractivity contribution in [1.29, 1.82) is 0 Å². The Bertz CT molecular complexity index is 1210. The summed E-state index contributed by atoms with van der Waals surface area (Å²) < 4.78 is 18.6. The van der Waals surface area contributed by atoms with Gasteiger partial charge in [0.1, 0.15) is 5.82 Å². The van der Waals surface area contributed by atoms with Crippen molar-refractivity contribution in [3.8, 4) is 22.5 Å². The summed E-state index contributed by atoms with van der Waals surface area (Å²) in [5, 5.41) is 12.7. The lowest BCUT2D eigenvalue weighted by Crippen LogP contribution is -2.36. The number of H-pyrrole nitrogens is 1. The number of hydrogen-bond acceptors (Lipinski definition) is 6. The molecule has 0 radical (unpaired) electrons. The van der Waals surface area contributed by atoms with Crippen molar-refractivity contribution in [2.75, 3.05) is 36.5 Å². The molecule has 0 spiro atoms. The lowest BCUT2D eigenvalue weighted by atomic mass is 10.1. The molecule has 2 aromatic carbocycles. The molecule has 2 N–H and O–H groups in total. The molecule has 162 valence electrons. The zero-order chi connectivity index (χ0) is 21.9. The van der Waals surface area contributed by atoms with Crippen molar-refractivity contribution >= 4 is 28.1 Å². The van der Waals surface area contributed by atoms with Gasteiger partial charge in [0, 0.05) is 35.3 Å². The van der Waals surface area contributed by atoms with E-state index in [1.165, 1.54) is 18.3 Å². The average Bonchev–Trinajstić information content (AvgIpc) is 3.51. The summed E-state index contributed by atoms with van der Waals surface area (Å²) in [6.07, 6.45) is 1.46. The Kier molecular flexibility index (Phi) is 5.66. The van der Waals surface area contributed by atoms with Crippen LogP contribution in [0.15, 0.2) is 60.1 Å². The van der Waals surface area contributed by atoms with Crippen LogP contribution in [0.2, 0.25) is 0 Å². The molecular formula is C23H20FN5O2S. The summed E-state index contributed by atoms with van der Waals surface area (Å²) in [5.74, 6) is -0.634. The summed E-state index contributed by atoms with van der Waals surface area (Å²) in [4.78, 5) is 19.8. The second-order valence-electron chi connectivity index (χ2n) is 7.31. The maximum Gasteiger partial charge on any atom is 0.259 e. The maximum absolute atomic E-state index is 13.2. The van der Waals surface area contributed by atoms with Gasteiger partial charge in [-0.2, -0.15) is 5.10 Å². The van der Waals surface area contributed by atoms with Gasteiger partial charge in [0.2, 0.25) is 0 Å². The Morgan fingerprint density at radius 3 is 2.53 bits per heavy atom. The lowest BCUT2D eigenvalue weighted by Gasteiger charge is -2.26. The van der Waals surface area contributed by atoms with Crippen LogP contribution in [-0.4, -0.2) is 47.4 Å². The number of carbonyl (C=O) groups excluding carboxylic acids is 1. The van der Waals surface area contributed by atoms with E-state index in [-0.39, 0.29) is 11.7 Å². The molecular weight excluding hydrogens is 429 g/mol. The molecule has 3 heterocycles. The third-order valence-electron chi connectivity index (χ3n) is 5.23. The Morgan fingerprint density at radius 1 is 1.06 bits per heavy atom. The monoisotopic (exact) mass is 449 g/mol. The summed E-state index contributed by atoms with van der Waals surface area (Å²) in [7, 11) is 0. The quantitative estimate of drug-likeness (QED) is 0.471. The number of ether oxygens (including phenoxy) is 1. The second-order valence-corrected chi connectivity index (χ2v) is 8.15. The smallest absolute Gasteiger partial charge is 0.259 e. The highest BCUT2D eigenvalue weighted by molar-refractivity contribution is 7.14. The van der Waals surface area contributed by atoms with Gasteiger partial charge in [-0.3, -0.25) is 9.89 Å².